The van der Waals surface area contributed by atoms with E-state index in [2.05, 4.69) is 10.3 Å². The van der Waals surface area contributed by atoms with Crippen molar-refractivity contribution in [3.05, 3.63) is 16.1 Å². The molecule has 0 saturated heterocycles. The quantitative estimate of drug-likeness (QED) is 0.741. The molecule has 1 unspecified atom stereocenters. The first-order chi connectivity index (χ1) is 8.75. The molecule has 1 rings (SSSR count). The van der Waals surface area contributed by atoms with Gasteiger partial charge in [0.2, 0.25) is 5.91 Å². The summed E-state index contributed by atoms with van der Waals surface area (Å²) in [6.45, 7) is 6.00. The SMILES string of the molecule is CC(C)(C)C(NC(=O)c1csc(CCN)n1)C(N)=O.Cl. The number of thiazole rings is 1. The smallest absolute Gasteiger partial charge is 0.271 e. The van der Waals surface area contributed by atoms with Crippen LogP contribution in [-0.4, -0.2) is 29.4 Å². The Morgan fingerprint density at radius 3 is 2.50 bits per heavy atom. The lowest BCUT2D eigenvalue weighted by molar-refractivity contribution is -0.122. The third-order valence-electron chi connectivity index (χ3n) is 2.57. The van der Waals surface area contributed by atoms with Gasteiger partial charge in [0.15, 0.2) is 0 Å². The Bertz CT molecular complexity index is 470. The van der Waals surface area contributed by atoms with Gasteiger partial charge < -0.3 is 16.8 Å². The molecular formula is C12H21ClN4O2S. The van der Waals surface area contributed by atoms with Crippen LogP contribution in [0.1, 0.15) is 36.3 Å². The topological polar surface area (TPSA) is 111 Å². The predicted octanol–water partition coefficient (Wildman–Crippen LogP) is 0.696. The van der Waals surface area contributed by atoms with Crippen molar-refractivity contribution >= 4 is 35.6 Å². The number of rotatable bonds is 5. The van der Waals surface area contributed by atoms with E-state index >= 15 is 0 Å². The van der Waals surface area contributed by atoms with E-state index in [1.54, 1.807) is 5.38 Å². The monoisotopic (exact) mass is 320 g/mol. The fraction of sp³-hybridized carbons (Fsp3) is 0.583. The van der Waals surface area contributed by atoms with Gasteiger partial charge in [0.1, 0.15) is 11.7 Å². The normalized spacial score (nSPS) is 12.4. The van der Waals surface area contributed by atoms with Gasteiger partial charge in [0.25, 0.3) is 5.91 Å². The third-order valence-corrected chi connectivity index (χ3v) is 3.48. The fourth-order valence-corrected chi connectivity index (χ4v) is 2.37. The first-order valence-electron chi connectivity index (χ1n) is 6.00. The Kier molecular flexibility index (Phi) is 7.12. The number of amides is 2. The van der Waals surface area contributed by atoms with Crippen molar-refractivity contribution < 1.29 is 9.59 Å². The zero-order valence-corrected chi connectivity index (χ0v) is 13.4. The van der Waals surface area contributed by atoms with E-state index in [4.69, 9.17) is 11.5 Å². The second kappa shape index (κ2) is 7.56. The summed E-state index contributed by atoms with van der Waals surface area (Å²) in [6, 6.07) is -0.736. The Balaban J connectivity index is 0.00000361. The summed E-state index contributed by atoms with van der Waals surface area (Å²) in [5, 5.41) is 5.09. The van der Waals surface area contributed by atoms with Crippen molar-refractivity contribution in [2.75, 3.05) is 6.54 Å². The summed E-state index contributed by atoms with van der Waals surface area (Å²) < 4.78 is 0. The van der Waals surface area contributed by atoms with Crippen molar-refractivity contribution in [1.82, 2.24) is 10.3 Å². The molecule has 0 aliphatic carbocycles. The van der Waals surface area contributed by atoms with Gasteiger partial charge in [-0.1, -0.05) is 20.8 Å². The number of hydrogen-bond donors (Lipinski definition) is 3. The predicted molar refractivity (Wildman–Crippen MR) is 82.0 cm³/mol. The van der Waals surface area contributed by atoms with Gasteiger partial charge in [-0.3, -0.25) is 9.59 Å². The van der Waals surface area contributed by atoms with Crippen LogP contribution < -0.4 is 16.8 Å². The maximum Gasteiger partial charge on any atom is 0.271 e. The third kappa shape index (κ3) is 5.07. The molecule has 114 valence electrons. The van der Waals surface area contributed by atoms with Crippen LogP contribution in [0.4, 0.5) is 0 Å². The highest BCUT2D eigenvalue weighted by atomic mass is 35.5. The molecule has 1 atom stereocenters. The second-order valence-electron chi connectivity index (χ2n) is 5.34. The number of nitrogens with one attached hydrogen (secondary N) is 1. The van der Waals surface area contributed by atoms with E-state index < -0.39 is 23.3 Å². The maximum absolute atomic E-state index is 12.0. The lowest BCUT2D eigenvalue weighted by Gasteiger charge is -2.28. The Labute approximate surface area is 128 Å². The van der Waals surface area contributed by atoms with Gasteiger partial charge in [-0.15, -0.1) is 23.7 Å². The average Bonchev–Trinajstić information content (AvgIpc) is 2.72. The van der Waals surface area contributed by atoms with Crippen molar-refractivity contribution in [3.63, 3.8) is 0 Å². The van der Waals surface area contributed by atoms with Crippen molar-refractivity contribution in [1.29, 1.82) is 0 Å². The van der Waals surface area contributed by atoms with E-state index in [0.29, 0.717) is 18.7 Å². The number of aromatic nitrogens is 1. The molecule has 0 spiro atoms. The van der Waals surface area contributed by atoms with Crippen LogP contribution in [0.2, 0.25) is 0 Å². The van der Waals surface area contributed by atoms with Crippen LogP contribution in [-0.2, 0) is 11.2 Å². The number of nitrogens with two attached hydrogens (primary N) is 2. The Morgan fingerprint density at radius 1 is 1.45 bits per heavy atom. The van der Waals surface area contributed by atoms with Gasteiger partial charge in [0, 0.05) is 11.8 Å². The van der Waals surface area contributed by atoms with Crippen LogP contribution in [0.15, 0.2) is 5.38 Å². The highest BCUT2D eigenvalue weighted by Crippen LogP contribution is 2.19. The van der Waals surface area contributed by atoms with Crippen LogP contribution in [0.5, 0.6) is 0 Å². The second-order valence-corrected chi connectivity index (χ2v) is 6.28. The zero-order chi connectivity index (χ0) is 14.6. The maximum atomic E-state index is 12.0. The number of hydrogen-bond acceptors (Lipinski definition) is 5. The van der Waals surface area contributed by atoms with Gasteiger partial charge in [-0.05, 0) is 12.0 Å². The molecule has 0 saturated carbocycles. The summed E-state index contributed by atoms with van der Waals surface area (Å²) in [7, 11) is 0. The molecule has 2 amide bonds. The molecule has 0 aromatic carbocycles. The van der Waals surface area contributed by atoms with Crippen molar-refractivity contribution in [2.24, 2.45) is 16.9 Å². The molecule has 1 heterocycles. The number of carbonyl (C=O) groups is 2. The largest absolute Gasteiger partial charge is 0.368 e. The van der Waals surface area contributed by atoms with Crippen molar-refractivity contribution in [3.8, 4) is 0 Å². The molecule has 1 aromatic heterocycles. The van der Waals surface area contributed by atoms with E-state index in [1.165, 1.54) is 11.3 Å². The molecule has 0 radical (unpaired) electrons. The van der Waals surface area contributed by atoms with E-state index in [-0.39, 0.29) is 12.4 Å². The van der Waals surface area contributed by atoms with Gasteiger partial charge >= 0.3 is 0 Å². The summed E-state index contributed by atoms with van der Waals surface area (Å²) in [6.07, 6.45) is 0.635. The minimum absolute atomic E-state index is 0. The van der Waals surface area contributed by atoms with Crippen LogP contribution >= 0.6 is 23.7 Å². The van der Waals surface area contributed by atoms with Gasteiger partial charge in [-0.2, -0.15) is 0 Å². The minimum atomic E-state index is -0.736. The Hall–Kier alpha value is -1.18. The molecule has 5 N–H and O–H groups in total. The van der Waals surface area contributed by atoms with Crippen molar-refractivity contribution in [2.45, 2.75) is 33.2 Å². The average molecular weight is 321 g/mol. The van der Waals surface area contributed by atoms with Crippen LogP contribution in [0.25, 0.3) is 0 Å². The van der Waals surface area contributed by atoms with E-state index in [0.717, 1.165) is 5.01 Å². The Morgan fingerprint density at radius 2 is 2.05 bits per heavy atom. The van der Waals surface area contributed by atoms with Crippen LogP contribution in [0, 0.1) is 5.41 Å². The molecule has 20 heavy (non-hydrogen) atoms. The highest BCUT2D eigenvalue weighted by molar-refractivity contribution is 7.09. The number of carbonyl (C=O) groups excluding carboxylic acids is 2. The summed E-state index contributed by atoms with van der Waals surface area (Å²) >= 11 is 1.38. The molecule has 8 heteroatoms. The van der Waals surface area contributed by atoms with Gasteiger partial charge in [-0.25, -0.2) is 4.98 Å². The van der Waals surface area contributed by atoms with Crippen LogP contribution in [0.3, 0.4) is 0 Å². The molecule has 0 aliphatic heterocycles. The number of nitrogens with zero attached hydrogens (tertiary/aromatic N) is 1. The number of halogens is 1. The molecule has 1 aromatic rings. The molecule has 0 bridgehead atoms. The first kappa shape index (κ1) is 18.8. The minimum Gasteiger partial charge on any atom is -0.368 e. The highest BCUT2D eigenvalue weighted by Gasteiger charge is 2.31. The van der Waals surface area contributed by atoms with E-state index in [1.807, 2.05) is 20.8 Å². The summed E-state index contributed by atoms with van der Waals surface area (Å²) in [5.41, 5.74) is 10.6. The zero-order valence-electron chi connectivity index (χ0n) is 11.8. The molecule has 0 aliphatic rings. The van der Waals surface area contributed by atoms with Gasteiger partial charge in [0.05, 0.1) is 5.01 Å². The molecule has 6 nitrogen and oxygen atoms in total. The van der Waals surface area contributed by atoms with E-state index in [9.17, 15) is 9.59 Å². The number of primary amides is 1. The standard InChI is InChI=1S/C12H20N4O2S.ClH/c1-12(2,3)9(10(14)17)16-11(18)7-6-19-8(15-7)4-5-13;/h6,9H,4-5,13H2,1-3H3,(H2,14,17)(H,16,18);1H. The fourth-order valence-electron chi connectivity index (χ4n) is 1.57. The molecule has 0 fully saturated rings. The lowest BCUT2D eigenvalue weighted by Crippen LogP contribution is -2.52. The lowest BCUT2D eigenvalue weighted by atomic mass is 9.86. The summed E-state index contributed by atoms with van der Waals surface area (Å²) in [5.74, 6) is -0.948. The summed E-state index contributed by atoms with van der Waals surface area (Å²) in [4.78, 5) is 27.6. The molecular weight excluding hydrogens is 300 g/mol. The first-order valence-corrected chi connectivity index (χ1v) is 6.88.